The number of benzene rings is 1. The fourth-order valence-corrected chi connectivity index (χ4v) is 5.24. The van der Waals surface area contributed by atoms with Gasteiger partial charge in [-0.1, -0.05) is 36.4 Å². The van der Waals surface area contributed by atoms with Gasteiger partial charge in [0.2, 0.25) is 11.1 Å². The van der Waals surface area contributed by atoms with Crippen molar-refractivity contribution in [3.8, 4) is 6.19 Å². The van der Waals surface area contributed by atoms with E-state index in [0.29, 0.717) is 24.2 Å². The summed E-state index contributed by atoms with van der Waals surface area (Å²) in [7, 11) is 2.09. The Labute approximate surface area is 232 Å². The number of guanidine groups is 2. The molecule has 0 spiro atoms. The highest BCUT2D eigenvalue weighted by molar-refractivity contribution is 7.98. The van der Waals surface area contributed by atoms with Crippen molar-refractivity contribution in [3.05, 3.63) is 77.1 Å². The molecule has 38 heavy (non-hydrogen) atoms. The molecule has 2 aromatic heterocycles. The Kier molecular flexibility index (Phi) is 12.4. The molecule has 200 valence electrons. The molecule has 3 rings (SSSR count). The second-order valence-corrected chi connectivity index (χ2v) is 10.4. The zero-order valence-corrected chi connectivity index (χ0v) is 23.1. The fraction of sp³-hybridized carbons (Fsp3) is 0.346. The standard InChI is InChI=1S/C26H34N10S2/c1-36(14-10-22(20-7-3-2-4-8-20)23-9-5-6-11-30-23)15-12-31-25(33-19-27)32-13-16-37-17-21-18-38-26(34-21)35-24(28)29/h2-9,11,18,22H,10,12-17H2,1H3,(H2,31,32,33)(H4,28,29,34,35). The van der Waals surface area contributed by atoms with Gasteiger partial charge in [0.05, 0.1) is 12.2 Å². The van der Waals surface area contributed by atoms with Crippen LogP contribution < -0.4 is 22.1 Å². The summed E-state index contributed by atoms with van der Waals surface area (Å²) in [6.07, 6.45) is 4.76. The maximum absolute atomic E-state index is 9.08. The summed E-state index contributed by atoms with van der Waals surface area (Å²) < 4.78 is 0. The van der Waals surface area contributed by atoms with Crippen LogP contribution in [0, 0.1) is 11.5 Å². The number of likely N-dealkylation sites (N-methyl/N-ethyl adjacent to an activating group) is 1. The van der Waals surface area contributed by atoms with Gasteiger partial charge in [0.15, 0.2) is 12.2 Å². The Hall–Kier alpha value is -3.66. The van der Waals surface area contributed by atoms with Crippen LogP contribution in [0.5, 0.6) is 0 Å². The van der Waals surface area contributed by atoms with E-state index in [1.54, 1.807) is 11.8 Å². The van der Waals surface area contributed by atoms with Crippen LogP contribution in [0.1, 0.15) is 29.3 Å². The van der Waals surface area contributed by atoms with Crippen molar-refractivity contribution in [3.63, 3.8) is 0 Å². The van der Waals surface area contributed by atoms with Crippen molar-refractivity contribution < 1.29 is 0 Å². The van der Waals surface area contributed by atoms with E-state index < -0.39 is 0 Å². The predicted molar refractivity (Wildman–Crippen MR) is 157 cm³/mol. The topological polar surface area (TPSA) is 154 Å². The number of thioether (sulfide) groups is 1. The molecule has 0 amide bonds. The lowest BCUT2D eigenvalue weighted by Gasteiger charge is -2.21. The average Bonchev–Trinajstić information content (AvgIpc) is 3.36. The molecular weight excluding hydrogens is 516 g/mol. The normalized spacial score (nSPS) is 12.1. The highest BCUT2D eigenvalue weighted by Gasteiger charge is 2.16. The Morgan fingerprint density at radius 3 is 2.74 bits per heavy atom. The zero-order valence-electron chi connectivity index (χ0n) is 21.5. The second-order valence-electron chi connectivity index (χ2n) is 8.41. The van der Waals surface area contributed by atoms with Crippen molar-refractivity contribution in [2.45, 2.75) is 18.1 Å². The van der Waals surface area contributed by atoms with Crippen LogP contribution >= 0.6 is 23.1 Å². The molecule has 2 heterocycles. The molecule has 1 atom stereocenters. The maximum Gasteiger partial charge on any atom is 0.212 e. The molecule has 0 fully saturated rings. The molecule has 1 aromatic carbocycles. The summed E-state index contributed by atoms with van der Waals surface area (Å²) in [5.41, 5.74) is 14.1. The number of rotatable bonds is 14. The van der Waals surface area contributed by atoms with Gasteiger partial charge in [-0.05, 0) is 37.7 Å². The third-order valence-electron chi connectivity index (χ3n) is 5.53. The van der Waals surface area contributed by atoms with E-state index in [2.05, 4.69) is 72.9 Å². The van der Waals surface area contributed by atoms with Crippen molar-refractivity contribution in [1.29, 1.82) is 5.26 Å². The minimum Gasteiger partial charge on any atom is -0.370 e. The third-order valence-corrected chi connectivity index (χ3v) is 7.30. The lowest BCUT2D eigenvalue weighted by Crippen LogP contribution is -2.36. The number of nitrogens with two attached hydrogens (primary N) is 2. The van der Waals surface area contributed by atoms with Gasteiger partial charge in [-0.3, -0.25) is 15.3 Å². The number of nitrogens with one attached hydrogen (secondary N) is 2. The first-order valence-corrected chi connectivity index (χ1v) is 14.3. The van der Waals surface area contributed by atoms with Gasteiger partial charge in [-0.2, -0.15) is 22.0 Å². The van der Waals surface area contributed by atoms with Gasteiger partial charge in [-0.15, -0.1) is 11.3 Å². The first-order valence-electron chi connectivity index (χ1n) is 12.2. The summed E-state index contributed by atoms with van der Waals surface area (Å²) in [6, 6.07) is 16.6. The molecule has 0 aliphatic carbocycles. The Morgan fingerprint density at radius 1 is 1.18 bits per heavy atom. The van der Waals surface area contributed by atoms with Crippen molar-refractivity contribution >= 4 is 40.1 Å². The summed E-state index contributed by atoms with van der Waals surface area (Å²) >= 11 is 3.13. The number of aromatic nitrogens is 2. The Balaban J connectivity index is 1.40. The number of hydrogen-bond acceptors (Lipinski definition) is 8. The molecule has 0 aliphatic rings. The molecule has 0 radical (unpaired) electrons. The first kappa shape index (κ1) is 28.9. The lowest BCUT2D eigenvalue weighted by atomic mass is 9.92. The highest BCUT2D eigenvalue weighted by atomic mass is 32.2. The van der Waals surface area contributed by atoms with E-state index >= 15 is 0 Å². The summed E-state index contributed by atoms with van der Waals surface area (Å²) in [6.45, 7) is 2.92. The minimum absolute atomic E-state index is 0.00613. The molecule has 0 saturated heterocycles. The number of pyridine rings is 1. The molecule has 12 heteroatoms. The monoisotopic (exact) mass is 550 g/mol. The van der Waals surface area contributed by atoms with Gasteiger partial charge in [-0.25, -0.2) is 4.98 Å². The molecule has 6 N–H and O–H groups in total. The van der Waals surface area contributed by atoms with E-state index in [1.807, 2.05) is 36.0 Å². The largest absolute Gasteiger partial charge is 0.370 e. The van der Waals surface area contributed by atoms with Gasteiger partial charge in [0.25, 0.3) is 0 Å². The molecule has 0 aliphatic heterocycles. The number of thiazole rings is 1. The summed E-state index contributed by atoms with van der Waals surface area (Å²) in [5, 5.41) is 17.4. The third kappa shape index (κ3) is 10.4. The average molecular weight is 551 g/mol. The second kappa shape index (κ2) is 16.2. The SMILES string of the molecule is CN(CCN=C(NC#N)NCCSCc1csc(N=C(N)N)n1)CCC(c1ccccc1)c1ccccn1. The van der Waals surface area contributed by atoms with E-state index in [4.69, 9.17) is 16.7 Å². The van der Waals surface area contributed by atoms with E-state index in [9.17, 15) is 0 Å². The van der Waals surface area contributed by atoms with E-state index in [-0.39, 0.29) is 11.9 Å². The van der Waals surface area contributed by atoms with Crippen LogP contribution in [-0.4, -0.2) is 65.8 Å². The highest BCUT2D eigenvalue weighted by Crippen LogP contribution is 2.26. The van der Waals surface area contributed by atoms with Gasteiger partial charge in [0, 0.05) is 47.8 Å². The predicted octanol–water partition coefficient (Wildman–Crippen LogP) is 2.85. The van der Waals surface area contributed by atoms with Gasteiger partial charge >= 0.3 is 0 Å². The molecule has 0 bridgehead atoms. The maximum atomic E-state index is 9.08. The van der Waals surface area contributed by atoms with Crippen molar-refractivity contribution in [2.75, 3.05) is 39.0 Å². The van der Waals surface area contributed by atoms with Crippen LogP contribution in [-0.2, 0) is 5.75 Å². The molecule has 10 nitrogen and oxygen atoms in total. The number of nitriles is 1. The first-order chi connectivity index (χ1) is 18.5. The van der Waals surface area contributed by atoms with E-state index in [1.165, 1.54) is 16.9 Å². The minimum atomic E-state index is 0.00613. The van der Waals surface area contributed by atoms with Crippen LogP contribution in [0.25, 0.3) is 0 Å². The quantitative estimate of drug-likeness (QED) is 0.0780. The van der Waals surface area contributed by atoms with Crippen LogP contribution in [0.3, 0.4) is 0 Å². The van der Waals surface area contributed by atoms with Gasteiger partial charge < -0.3 is 21.7 Å². The molecule has 1 unspecified atom stereocenters. The number of nitrogens with zero attached hydrogens (tertiary/aromatic N) is 6. The number of hydrogen-bond donors (Lipinski definition) is 4. The number of aliphatic imine (C=N–C) groups is 2. The Bertz CT molecular complexity index is 1150. The van der Waals surface area contributed by atoms with Crippen molar-refractivity contribution in [2.24, 2.45) is 21.5 Å². The molecular formula is C26H34N10S2. The van der Waals surface area contributed by atoms with Crippen molar-refractivity contribution in [1.82, 2.24) is 25.5 Å². The summed E-state index contributed by atoms with van der Waals surface area (Å²) in [5.74, 6) is 2.31. The lowest BCUT2D eigenvalue weighted by molar-refractivity contribution is 0.331. The van der Waals surface area contributed by atoms with E-state index in [0.717, 1.165) is 42.4 Å². The zero-order chi connectivity index (χ0) is 27.0. The molecule has 0 saturated carbocycles. The summed E-state index contributed by atoms with van der Waals surface area (Å²) in [4.78, 5) is 19.7. The molecule has 3 aromatic rings. The smallest absolute Gasteiger partial charge is 0.212 e. The Morgan fingerprint density at radius 2 is 2.00 bits per heavy atom. The fourth-order valence-electron chi connectivity index (χ4n) is 3.68. The van der Waals surface area contributed by atoms with Crippen LogP contribution in [0.2, 0.25) is 0 Å². The van der Waals surface area contributed by atoms with Crippen LogP contribution in [0.15, 0.2) is 70.1 Å². The van der Waals surface area contributed by atoms with Gasteiger partial charge in [0.1, 0.15) is 0 Å². The van der Waals surface area contributed by atoms with Crippen LogP contribution in [0.4, 0.5) is 5.13 Å².